The first-order valence-corrected chi connectivity index (χ1v) is 14.7. The quantitative estimate of drug-likeness (QED) is 0.313. The molecule has 0 heterocycles. The van der Waals surface area contributed by atoms with Gasteiger partial charge in [-0.25, -0.2) is 8.42 Å². The van der Waals surface area contributed by atoms with E-state index in [2.05, 4.69) is 5.32 Å². The van der Waals surface area contributed by atoms with Gasteiger partial charge in [0.1, 0.15) is 24.1 Å². The molecule has 10 heteroatoms. The monoisotopic (exact) mass is 567 g/mol. The first kappa shape index (κ1) is 30.5. The standard InChI is InChI=1S/C30H37N3O6S/c1-5-20-31-30(35)23(3)32(21-24-12-16-26(38-4)17-13-24)29(34)22-33(25-14-18-27(19-15-25)39-6-2)40(36,37)28-10-8-7-9-11-28/h7-19,23H,5-6,20-22H2,1-4H3,(H,31,35)/t23-/m0/s1. The van der Waals surface area contributed by atoms with Gasteiger partial charge in [-0.15, -0.1) is 0 Å². The van der Waals surface area contributed by atoms with Crippen LogP contribution in [-0.2, 0) is 26.2 Å². The Balaban J connectivity index is 1.99. The van der Waals surface area contributed by atoms with Crippen LogP contribution in [0.15, 0.2) is 83.8 Å². The molecule has 0 aliphatic heterocycles. The van der Waals surface area contributed by atoms with Gasteiger partial charge in [0.15, 0.2) is 0 Å². The number of nitrogens with zero attached hydrogens (tertiary/aromatic N) is 2. The van der Waals surface area contributed by atoms with Crippen LogP contribution in [0.2, 0.25) is 0 Å². The van der Waals surface area contributed by atoms with E-state index >= 15 is 0 Å². The van der Waals surface area contributed by atoms with E-state index in [9.17, 15) is 18.0 Å². The van der Waals surface area contributed by atoms with Crippen LogP contribution in [-0.4, -0.2) is 58.0 Å². The zero-order valence-corrected chi connectivity index (χ0v) is 24.2. The number of hydrogen-bond donors (Lipinski definition) is 1. The van der Waals surface area contributed by atoms with Gasteiger partial charge in [0, 0.05) is 13.1 Å². The summed E-state index contributed by atoms with van der Waals surface area (Å²) in [6.45, 7) is 5.96. The van der Waals surface area contributed by atoms with Gasteiger partial charge in [-0.05, 0) is 74.4 Å². The topological polar surface area (TPSA) is 105 Å². The lowest BCUT2D eigenvalue weighted by Crippen LogP contribution is -2.51. The van der Waals surface area contributed by atoms with Crippen molar-refractivity contribution >= 4 is 27.5 Å². The molecule has 1 N–H and O–H groups in total. The maximum atomic E-state index is 13.9. The molecule has 0 aromatic heterocycles. The molecule has 3 rings (SSSR count). The minimum Gasteiger partial charge on any atom is -0.497 e. The van der Waals surface area contributed by atoms with E-state index in [1.165, 1.54) is 17.0 Å². The number of nitrogens with one attached hydrogen (secondary N) is 1. The van der Waals surface area contributed by atoms with Gasteiger partial charge in [0.25, 0.3) is 10.0 Å². The van der Waals surface area contributed by atoms with Crippen molar-refractivity contribution in [2.45, 2.75) is 44.7 Å². The third-order valence-electron chi connectivity index (χ3n) is 6.27. The van der Waals surface area contributed by atoms with Crippen LogP contribution in [0.1, 0.15) is 32.8 Å². The molecular weight excluding hydrogens is 530 g/mol. The zero-order chi connectivity index (χ0) is 29.1. The lowest BCUT2D eigenvalue weighted by Gasteiger charge is -2.32. The van der Waals surface area contributed by atoms with E-state index in [1.54, 1.807) is 80.8 Å². The summed E-state index contributed by atoms with van der Waals surface area (Å²) >= 11 is 0. The van der Waals surface area contributed by atoms with Crippen molar-refractivity contribution in [1.29, 1.82) is 0 Å². The predicted octanol–water partition coefficient (Wildman–Crippen LogP) is 4.23. The summed E-state index contributed by atoms with van der Waals surface area (Å²) < 4.78 is 39.4. The van der Waals surface area contributed by atoms with E-state index in [1.807, 2.05) is 13.8 Å². The molecule has 2 amide bonds. The molecule has 3 aromatic carbocycles. The van der Waals surface area contributed by atoms with E-state index in [-0.39, 0.29) is 17.3 Å². The highest BCUT2D eigenvalue weighted by Gasteiger charge is 2.32. The van der Waals surface area contributed by atoms with Crippen molar-refractivity contribution in [3.63, 3.8) is 0 Å². The van der Waals surface area contributed by atoms with Gasteiger partial charge in [-0.2, -0.15) is 0 Å². The third-order valence-corrected chi connectivity index (χ3v) is 8.06. The summed E-state index contributed by atoms with van der Waals surface area (Å²) in [6.07, 6.45) is 0.742. The van der Waals surface area contributed by atoms with Gasteiger partial charge < -0.3 is 19.7 Å². The normalized spacial score (nSPS) is 11.8. The number of rotatable bonds is 14. The number of ether oxygens (including phenoxy) is 2. The Kier molecular flexibility index (Phi) is 11.0. The second kappa shape index (κ2) is 14.4. The largest absolute Gasteiger partial charge is 0.497 e. The minimum absolute atomic E-state index is 0.0483. The van der Waals surface area contributed by atoms with Crippen molar-refractivity contribution in [3.8, 4) is 11.5 Å². The molecule has 40 heavy (non-hydrogen) atoms. The van der Waals surface area contributed by atoms with Crippen LogP contribution in [0.5, 0.6) is 11.5 Å². The fourth-order valence-electron chi connectivity index (χ4n) is 4.03. The lowest BCUT2D eigenvalue weighted by molar-refractivity contribution is -0.139. The summed E-state index contributed by atoms with van der Waals surface area (Å²) in [5.74, 6) is 0.397. The maximum absolute atomic E-state index is 13.9. The van der Waals surface area contributed by atoms with Crippen LogP contribution in [0.25, 0.3) is 0 Å². The van der Waals surface area contributed by atoms with E-state index in [0.29, 0.717) is 30.3 Å². The minimum atomic E-state index is -4.12. The highest BCUT2D eigenvalue weighted by atomic mass is 32.2. The van der Waals surface area contributed by atoms with Crippen LogP contribution in [0.4, 0.5) is 5.69 Å². The van der Waals surface area contributed by atoms with Crippen molar-refractivity contribution < 1.29 is 27.5 Å². The Morgan fingerprint density at radius 2 is 1.52 bits per heavy atom. The summed E-state index contributed by atoms with van der Waals surface area (Å²) in [5.41, 5.74) is 1.07. The van der Waals surface area contributed by atoms with Gasteiger partial charge >= 0.3 is 0 Å². The number of benzene rings is 3. The molecule has 1 atom stereocenters. The second-order valence-electron chi connectivity index (χ2n) is 9.09. The molecule has 0 fully saturated rings. The summed E-state index contributed by atoms with van der Waals surface area (Å²) in [4.78, 5) is 28.3. The molecule has 0 saturated carbocycles. The number of methoxy groups -OCH3 is 1. The molecule has 9 nitrogen and oxygen atoms in total. The fourth-order valence-corrected chi connectivity index (χ4v) is 5.47. The molecule has 0 aliphatic carbocycles. The Morgan fingerprint density at radius 3 is 2.10 bits per heavy atom. The zero-order valence-electron chi connectivity index (χ0n) is 23.4. The number of hydrogen-bond acceptors (Lipinski definition) is 6. The summed E-state index contributed by atoms with van der Waals surface area (Å²) in [6, 6.07) is 20.8. The Bertz CT molecular complexity index is 1350. The van der Waals surface area contributed by atoms with E-state index in [0.717, 1.165) is 16.3 Å². The highest BCUT2D eigenvalue weighted by molar-refractivity contribution is 7.92. The highest BCUT2D eigenvalue weighted by Crippen LogP contribution is 2.26. The molecule has 3 aromatic rings. The molecule has 0 bridgehead atoms. The van der Waals surface area contributed by atoms with Gasteiger partial charge in [0.2, 0.25) is 11.8 Å². The average molecular weight is 568 g/mol. The summed E-state index contributed by atoms with van der Waals surface area (Å²) in [5, 5.41) is 2.83. The Labute approximate surface area is 236 Å². The first-order chi connectivity index (χ1) is 19.2. The van der Waals surface area contributed by atoms with Crippen molar-refractivity contribution in [2.75, 3.05) is 31.1 Å². The van der Waals surface area contributed by atoms with Gasteiger partial charge in [0.05, 0.1) is 24.3 Å². The lowest BCUT2D eigenvalue weighted by atomic mass is 10.1. The van der Waals surface area contributed by atoms with E-state index < -0.39 is 28.5 Å². The van der Waals surface area contributed by atoms with Crippen LogP contribution >= 0.6 is 0 Å². The molecular formula is C30H37N3O6S. The molecule has 0 unspecified atom stereocenters. The number of amides is 2. The third kappa shape index (κ3) is 7.75. The maximum Gasteiger partial charge on any atom is 0.264 e. The number of carbonyl (C=O) groups excluding carboxylic acids is 2. The number of sulfonamides is 1. The summed E-state index contributed by atoms with van der Waals surface area (Å²) in [7, 11) is -2.56. The van der Waals surface area contributed by atoms with Gasteiger partial charge in [-0.1, -0.05) is 37.3 Å². The second-order valence-corrected chi connectivity index (χ2v) is 11.0. The van der Waals surface area contributed by atoms with Crippen LogP contribution in [0, 0.1) is 0 Å². The van der Waals surface area contributed by atoms with Crippen molar-refractivity contribution in [1.82, 2.24) is 10.2 Å². The fraction of sp³-hybridized carbons (Fsp3) is 0.333. The Morgan fingerprint density at radius 1 is 0.900 bits per heavy atom. The van der Waals surface area contributed by atoms with Gasteiger partial charge in [-0.3, -0.25) is 13.9 Å². The molecule has 0 spiro atoms. The number of anilines is 1. The SMILES string of the molecule is CCCNC(=O)[C@H](C)N(Cc1ccc(OC)cc1)C(=O)CN(c1ccc(OCC)cc1)S(=O)(=O)c1ccccc1. The van der Waals surface area contributed by atoms with Crippen molar-refractivity contribution in [2.24, 2.45) is 0 Å². The smallest absolute Gasteiger partial charge is 0.264 e. The number of carbonyl (C=O) groups is 2. The molecule has 0 aliphatic rings. The molecule has 214 valence electrons. The first-order valence-electron chi connectivity index (χ1n) is 13.2. The molecule has 0 saturated heterocycles. The molecule has 0 radical (unpaired) electrons. The van der Waals surface area contributed by atoms with Crippen LogP contribution < -0.4 is 19.1 Å². The Hall–Kier alpha value is -4.05. The average Bonchev–Trinajstić information content (AvgIpc) is 2.98. The van der Waals surface area contributed by atoms with E-state index in [4.69, 9.17) is 9.47 Å². The predicted molar refractivity (Wildman–Crippen MR) is 155 cm³/mol. The van der Waals surface area contributed by atoms with Crippen LogP contribution in [0.3, 0.4) is 0 Å². The van der Waals surface area contributed by atoms with Crippen molar-refractivity contribution in [3.05, 3.63) is 84.4 Å².